The molecular formula is C21H19FN2O5. The van der Waals surface area contributed by atoms with Crippen LogP contribution >= 0.6 is 0 Å². The summed E-state index contributed by atoms with van der Waals surface area (Å²) in [4.78, 5) is 24.0. The Labute approximate surface area is 166 Å². The van der Waals surface area contributed by atoms with Crippen LogP contribution in [-0.2, 0) is 9.53 Å². The van der Waals surface area contributed by atoms with E-state index < -0.39 is 11.9 Å². The monoisotopic (exact) mass is 398 g/mol. The molecule has 0 aliphatic heterocycles. The van der Waals surface area contributed by atoms with Crippen LogP contribution in [0.15, 0.2) is 52.0 Å². The predicted octanol–water partition coefficient (Wildman–Crippen LogP) is 3.59. The fourth-order valence-electron chi connectivity index (χ4n) is 2.65. The van der Waals surface area contributed by atoms with Gasteiger partial charge in [0, 0.05) is 5.39 Å². The van der Waals surface area contributed by atoms with Gasteiger partial charge in [0.1, 0.15) is 28.5 Å². The minimum Gasteiger partial charge on any atom is -0.484 e. The number of halogens is 1. The average Bonchev–Trinajstić information content (AvgIpc) is 3.03. The maximum Gasteiger partial charge on any atom is 0.342 e. The Morgan fingerprint density at radius 1 is 1.21 bits per heavy atom. The average molecular weight is 398 g/mol. The number of fused-ring (bicyclic) bond motifs is 1. The number of nitrogens with one attached hydrogen (secondary N) is 1. The number of carbonyl (C=O) groups is 2. The molecular weight excluding hydrogens is 379 g/mol. The van der Waals surface area contributed by atoms with E-state index in [1.807, 2.05) is 0 Å². The van der Waals surface area contributed by atoms with Gasteiger partial charge in [0.05, 0.1) is 12.8 Å². The third-order valence-corrected chi connectivity index (χ3v) is 3.96. The number of rotatable bonds is 7. The molecule has 1 N–H and O–H groups in total. The molecule has 0 spiro atoms. The summed E-state index contributed by atoms with van der Waals surface area (Å²) < 4.78 is 28.9. The first-order chi connectivity index (χ1) is 14.0. The first-order valence-electron chi connectivity index (χ1n) is 8.88. The number of nitrogens with zero attached hydrogens (tertiary/aromatic N) is 1. The molecule has 0 radical (unpaired) electrons. The van der Waals surface area contributed by atoms with Gasteiger partial charge >= 0.3 is 5.97 Å². The topological polar surface area (TPSA) is 90.1 Å². The highest BCUT2D eigenvalue weighted by molar-refractivity contribution is 6.04. The van der Waals surface area contributed by atoms with Gasteiger partial charge in [-0.1, -0.05) is 12.1 Å². The molecule has 29 heavy (non-hydrogen) atoms. The molecule has 0 saturated heterocycles. The Bertz CT molecular complexity index is 1060. The summed E-state index contributed by atoms with van der Waals surface area (Å²) in [5, 5.41) is 4.34. The lowest BCUT2D eigenvalue weighted by Crippen LogP contribution is -2.24. The van der Waals surface area contributed by atoms with E-state index in [1.54, 1.807) is 32.0 Å². The van der Waals surface area contributed by atoms with Crippen LogP contribution in [0.4, 0.5) is 4.39 Å². The SMILES string of the molecule is CCOC(=O)c1c(C)oc2ccc(OCC(=O)N/N=C/c3ccc(F)cc3)cc12. The number of furan rings is 1. The van der Waals surface area contributed by atoms with Gasteiger partial charge < -0.3 is 13.9 Å². The van der Waals surface area contributed by atoms with Crippen molar-refractivity contribution >= 4 is 29.1 Å². The summed E-state index contributed by atoms with van der Waals surface area (Å²) in [6.07, 6.45) is 1.39. The van der Waals surface area contributed by atoms with Crippen molar-refractivity contribution in [2.75, 3.05) is 13.2 Å². The van der Waals surface area contributed by atoms with Crippen LogP contribution in [0.25, 0.3) is 11.0 Å². The number of amides is 1. The highest BCUT2D eigenvalue weighted by Gasteiger charge is 2.20. The Balaban J connectivity index is 1.62. The Morgan fingerprint density at radius 3 is 2.69 bits per heavy atom. The van der Waals surface area contributed by atoms with E-state index in [0.29, 0.717) is 33.6 Å². The second-order valence-electron chi connectivity index (χ2n) is 6.05. The van der Waals surface area contributed by atoms with Crippen molar-refractivity contribution in [2.45, 2.75) is 13.8 Å². The number of hydrogen-bond acceptors (Lipinski definition) is 6. The third-order valence-electron chi connectivity index (χ3n) is 3.96. The number of aryl methyl sites for hydroxylation is 1. The molecule has 0 unspecified atom stereocenters. The number of hydrazone groups is 1. The van der Waals surface area contributed by atoms with Crippen molar-refractivity contribution in [2.24, 2.45) is 5.10 Å². The second-order valence-corrected chi connectivity index (χ2v) is 6.05. The molecule has 0 atom stereocenters. The van der Waals surface area contributed by atoms with Gasteiger partial charge in [-0.2, -0.15) is 5.10 Å². The first kappa shape index (κ1) is 20.1. The minimum atomic E-state index is -0.478. The molecule has 3 aromatic rings. The molecule has 8 heteroatoms. The lowest BCUT2D eigenvalue weighted by atomic mass is 10.1. The van der Waals surface area contributed by atoms with Gasteiger partial charge in [0.15, 0.2) is 6.61 Å². The van der Waals surface area contributed by atoms with Crippen LogP contribution in [0.2, 0.25) is 0 Å². The number of ether oxygens (including phenoxy) is 2. The molecule has 1 heterocycles. The van der Waals surface area contributed by atoms with Crippen molar-refractivity contribution in [3.8, 4) is 5.75 Å². The standard InChI is InChI=1S/C21H19FN2O5/c1-3-27-21(26)20-13(2)29-18-9-8-16(10-17(18)20)28-12-19(25)24-23-11-14-4-6-15(22)7-5-14/h4-11H,3,12H2,1-2H3,(H,24,25)/b23-11+. The molecule has 0 saturated carbocycles. The Morgan fingerprint density at radius 2 is 1.97 bits per heavy atom. The molecule has 0 aliphatic carbocycles. The van der Waals surface area contributed by atoms with Crippen molar-refractivity contribution in [3.05, 3.63) is 65.2 Å². The largest absolute Gasteiger partial charge is 0.484 e. The number of esters is 1. The van der Waals surface area contributed by atoms with Crippen molar-refractivity contribution in [1.82, 2.24) is 5.43 Å². The lowest BCUT2D eigenvalue weighted by molar-refractivity contribution is -0.123. The van der Waals surface area contributed by atoms with Crippen LogP contribution in [0.1, 0.15) is 28.6 Å². The van der Waals surface area contributed by atoms with Gasteiger partial charge in [-0.15, -0.1) is 0 Å². The zero-order valence-corrected chi connectivity index (χ0v) is 15.9. The van der Waals surface area contributed by atoms with Gasteiger partial charge in [0.25, 0.3) is 5.91 Å². The Kier molecular flexibility index (Phi) is 6.23. The summed E-state index contributed by atoms with van der Waals surface area (Å²) in [5.41, 5.74) is 3.82. The molecule has 0 fully saturated rings. The molecule has 7 nitrogen and oxygen atoms in total. The van der Waals surface area contributed by atoms with Gasteiger partial charge in [0.2, 0.25) is 0 Å². The van der Waals surface area contributed by atoms with Gasteiger partial charge in [-0.3, -0.25) is 4.79 Å². The van der Waals surface area contributed by atoms with E-state index in [0.717, 1.165) is 0 Å². The van der Waals surface area contributed by atoms with E-state index >= 15 is 0 Å². The fourth-order valence-corrected chi connectivity index (χ4v) is 2.65. The highest BCUT2D eigenvalue weighted by Crippen LogP contribution is 2.29. The summed E-state index contributed by atoms with van der Waals surface area (Å²) in [6.45, 7) is 3.37. The summed E-state index contributed by atoms with van der Waals surface area (Å²) >= 11 is 0. The van der Waals surface area contributed by atoms with E-state index in [1.165, 1.54) is 30.5 Å². The second kappa shape index (κ2) is 9.01. The Hall–Kier alpha value is -3.68. The normalized spacial score (nSPS) is 11.0. The van der Waals surface area contributed by atoms with Gasteiger partial charge in [-0.05, 0) is 49.7 Å². The van der Waals surface area contributed by atoms with E-state index in [9.17, 15) is 14.0 Å². The van der Waals surface area contributed by atoms with Crippen molar-refractivity contribution < 1.29 is 27.9 Å². The van der Waals surface area contributed by atoms with Crippen molar-refractivity contribution in [3.63, 3.8) is 0 Å². The van der Waals surface area contributed by atoms with Crippen LogP contribution < -0.4 is 10.2 Å². The third kappa shape index (κ3) is 4.98. The molecule has 0 aliphatic rings. The summed E-state index contributed by atoms with van der Waals surface area (Å²) in [6, 6.07) is 10.6. The maximum atomic E-state index is 12.8. The zero-order chi connectivity index (χ0) is 20.8. The first-order valence-corrected chi connectivity index (χ1v) is 8.88. The molecule has 2 aromatic carbocycles. The highest BCUT2D eigenvalue weighted by atomic mass is 19.1. The summed E-state index contributed by atoms with van der Waals surface area (Å²) in [5.74, 6) is -0.466. The smallest absolute Gasteiger partial charge is 0.342 e. The molecule has 1 amide bonds. The number of hydrogen-bond donors (Lipinski definition) is 1. The molecule has 1 aromatic heterocycles. The predicted molar refractivity (Wildman–Crippen MR) is 105 cm³/mol. The maximum absolute atomic E-state index is 12.8. The summed E-state index contributed by atoms with van der Waals surface area (Å²) in [7, 11) is 0. The van der Waals surface area contributed by atoms with E-state index in [2.05, 4.69) is 10.5 Å². The van der Waals surface area contributed by atoms with E-state index in [4.69, 9.17) is 13.9 Å². The fraction of sp³-hybridized carbons (Fsp3) is 0.190. The quantitative estimate of drug-likeness (QED) is 0.373. The zero-order valence-electron chi connectivity index (χ0n) is 15.9. The van der Waals surface area contributed by atoms with Gasteiger partial charge in [-0.25, -0.2) is 14.6 Å². The molecule has 3 rings (SSSR count). The number of benzene rings is 2. The van der Waals surface area contributed by atoms with Crippen molar-refractivity contribution in [1.29, 1.82) is 0 Å². The van der Waals surface area contributed by atoms with Crippen LogP contribution in [0, 0.1) is 12.7 Å². The lowest BCUT2D eigenvalue weighted by Gasteiger charge is -2.05. The van der Waals surface area contributed by atoms with Crippen LogP contribution in [0.3, 0.4) is 0 Å². The molecule has 150 valence electrons. The number of carbonyl (C=O) groups excluding carboxylic acids is 2. The van der Waals surface area contributed by atoms with Crippen LogP contribution in [0.5, 0.6) is 5.75 Å². The molecule has 0 bridgehead atoms. The minimum absolute atomic E-state index is 0.250. The van der Waals surface area contributed by atoms with E-state index in [-0.39, 0.29) is 19.0 Å². The van der Waals surface area contributed by atoms with Crippen LogP contribution in [-0.4, -0.2) is 31.3 Å².